The molecule has 2 rings (SSSR count). The summed E-state index contributed by atoms with van der Waals surface area (Å²) in [7, 11) is 0. The molecule has 1 heterocycles. The zero-order valence-corrected chi connectivity index (χ0v) is 13.4. The largest absolute Gasteiger partial charge is 0.294 e. The van der Waals surface area contributed by atoms with Crippen molar-refractivity contribution in [2.24, 2.45) is 0 Å². The van der Waals surface area contributed by atoms with Crippen molar-refractivity contribution in [1.29, 1.82) is 0 Å². The van der Waals surface area contributed by atoms with E-state index < -0.39 is 0 Å². The number of carbonyl (C=O) groups excluding carboxylic acids is 1. The van der Waals surface area contributed by atoms with Gasteiger partial charge in [-0.15, -0.1) is 11.3 Å². The summed E-state index contributed by atoms with van der Waals surface area (Å²) < 4.78 is 0. The van der Waals surface area contributed by atoms with Gasteiger partial charge in [0, 0.05) is 18.8 Å². The number of benzene rings is 1. The van der Waals surface area contributed by atoms with Crippen LogP contribution in [0.15, 0.2) is 30.3 Å². The Kier molecular flexibility index (Phi) is 4.39. The second-order valence-electron chi connectivity index (χ2n) is 6.08. The minimum Gasteiger partial charge on any atom is -0.294 e. The third kappa shape index (κ3) is 3.54. The monoisotopic (exact) mass is 287 g/mol. The first-order valence-corrected chi connectivity index (χ1v) is 7.74. The number of carbonyl (C=O) groups is 1. The number of aryl methyl sites for hydroxylation is 2. The molecule has 0 fully saturated rings. The van der Waals surface area contributed by atoms with Crippen molar-refractivity contribution in [3.05, 3.63) is 51.5 Å². The number of hydrogen-bond acceptors (Lipinski definition) is 3. The molecule has 0 unspecified atom stereocenters. The molecule has 106 valence electrons. The Morgan fingerprint density at radius 1 is 1.15 bits per heavy atom. The molecule has 0 aliphatic carbocycles. The van der Waals surface area contributed by atoms with Gasteiger partial charge in [0.2, 0.25) is 0 Å². The summed E-state index contributed by atoms with van der Waals surface area (Å²) in [5.41, 5.74) is 2.17. The van der Waals surface area contributed by atoms with Crippen LogP contribution in [0.1, 0.15) is 53.6 Å². The highest BCUT2D eigenvalue weighted by Crippen LogP contribution is 2.30. The zero-order valence-electron chi connectivity index (χ0n) is 12.6. The minimum atomic E-state index is -0.0809. The van der Waals surface area contributed by atoms with Crippen LogP contribution < -0.4 is 0 Å². The van der Waals surface area contributed by atoms with Gasteiger partial charge >= 0.3 is 0 Å². The topological polar surface area (TPSA) is 30.0 Å². The molecule has 0 saturated heterocycles. The lowest BCUT2D eigenvalue weighted by atomic mass is 9.90. The van der Waals surface area contributed by atoms with Crippen molar-refractivity contribution in [3.63, 3.8) is 0 Å². The number of hydrogen-bond donors (Lipinski definition) is 0. The van der Waals surface area contributed by atoms with Crippen LogP contribution in [0.2, 0.25) is 0 Å². The third-order valence-corrected chi connectivity index (χ3v) is 4.39. The van der Waals surface area contributed by atoms with E-state index in [2.05, 4.69) is 45.0 Å². The number of Topliss-reactive ketones (excluding diaryl/α,β-unsaturated/α-hetero) is 1. The van der Waals surface area contributed by atoms with E-state index in [0.717, 1.165) is 28.4 Å². The van der Waals surface area contributed by atoms with Crippen molar-refractivity contribution in [3.8, 4) is 0 Å². The van der Waals surface area contributed by atoms with Crippen molar-refractivity contribution < 1.29 is 4.79 Å². The van der Waals surface area contributed by atoms with Gasteiger partial charge < -0.3 is 0 Å². The molecule has 0 bridgehead atoms. The predicted octanol–water partition coefficient (Wildman–Crippen LogP) is 4.43. The first kappa shape index (κ1) is 14.9. The van der Waals surface area contributed by atoms with Gasteiger partial charge in [-0.1, -0.05) is 51.1 Å². The highest BCUT2D eigenvalue weighted by atomic mass is 32.1. The molecular formula is C17H21NOS. The lowest BCUT2D eigenvalue weighted by Gasteiger charge is -2.16. The summed E-state index contributed by atoms with van der Waals surface area (Å²) in [5.74, 6) is 0.124. The molecule has 1 aromatic heterocycles. The van der Waals surface area contributed by atoms with Crippen LogP contribution in [0, 0.1) is 0 Å². The van der Waals surface area contributed by atoms with Crippen molar-refractivity contribution in [2.75, 3.05) is 0 Å². The second kappa shape index (κ2) is 5.88. The van der Waals surface area contributed by atoms with E-state index in [4.69, 9.17) is 4.98 Å². The Balaban J connectivity index is 2.19. The number of aromatic nitrogens is 1. The number of nitrogens with zero attached hydrogens (tertiary/aromatic N) is 1. The summed E-state index contributed by atoms with van der Waals surface area (Å²) in [4.78, 5) is 17.3. The summed E-state index contributed by atoms with van der Waals surface area (Å²) in [6.45, 7) is 7.95. The molecule has 0 N–H and O–H groups in total. The van der Waals surface area contributed by atoms with E-state index in [1.54, 1.807) is 18.3 Å². The molecular weight excluding hydrogens is 266 g/mol. The molecule has 3 heteroatoms. The Hall–Kier alpha value is -1.48. The fraction of sp³-hybridized carbons (Fsp3) is 0.412. The van der Waals surface area contributed by atoms with Crippen LogP contribution >= 0.6 is 11.3 Å². The van der Waals surface area contributed by atoms with Crippen molar-refractivity contribution in [1.82, 2.24) is 4.98 Å². The van der Waals surface area contributed by atoms with E-state index in [1.807, 2.05) is 6.07 Å². The quantitative estimate of drug-likeness (QED) is 0.779. The smallest absolute Gasteiger partial charge is 0.171 e. The third-order valence-electron chi connectivity index (χ3n) is 3.17. The van der Waals surface area contributed by atoms with E-state index in [-0.39, 0.29) is 11.2 Å². The summed E-state index contributed by atoms with van der Waals surface area (Å²) in [5, 5.41) is 1.06. The maximum absolute atomic E-state index is 11.8. The fourth-order valence-electron chi connectivity index (χ4n) is 2.11. The molecule has 0 aliphatic heterocycles. The van der Waals surface area contributed by atoms with Crippen LogP contribution in [-0.4, -0.2) is 10.8 Å². The number of ketones is 1. The number of thiazole rings is 1. The van der Waals surface area contributed by atoms with Crippen LogP contribution in [-0.2, 0) is 18.3 Å². The SMILES string of the molecule is CC(=O)c1sc(CCc2ccccc2)nc1C(C)(C)C. The molecule has 0 radical (unpaired) electrons. The van der Waals surface area contributed by atoms with E-state index in [9.17, 15) is 4.79 Å². The van der Waals surface area contributed by atoms with Gasteiger partial charge in [0.25, 0.3) is 0 Å². The Bertz CT molecular complexity index is 593. The number of rotatable bonds is 4. The average molecular weight is 287 g/mol. The van der Waals surface area contributed by atoms with Crippen LogP contribution in [0.3, 0.4) is 0 Å². The molecule has 1 aromatic carbocycles. The first-order valence-electron chi connectivity index (χ1n) is 6.93. The van der Waals surface area contributed by atoms with E-state index in [0.29, 0.717) is 0 Å². The van der Waals surface area contributed by atoms with Crippen molar-refractivity contribution >= 4 is 17.1 Å². The summed E-state index contributed by atoms with van der Waals surface area (Å²) >= 11 is 1.55. The Labute approximate surface area is 124 Å². The maximum Gasteiger partial charge on any atom is 0.171 e. The normalized spacial score (nSPS) is 11.6. The molecule has 20 heavy (non-hydrogen) atoms. The minimum absolute atomic E-state index is 0.0809. The molecule has 2 aromatic rings. The van der Waals surface area contributed by atoms with Gasteiger partial charge in [0.05, 0.1) is 15.6 Å². The lowest BCUT2D eigenvalue weighted by molar-refractivity contribution is 0.101. The van der Waals surface area contributed by atoms with Gasteiger partial charge in [-0.25, -0.2) is 4.98 Å². The lowest BCUT2D eigenvalue weighted by Crippen LogP contribution is -2.15. The van der Waals surface area contributed by atoms with Gasteiger partial charge in [-0.2, -0.15) is 0 Å². The Morgan fingerprint density at radius 3 is 2.30 bits per heavy atom. The first-order chi connectivity index (χ1) is 9.38. The van der Waals surface area contributed by atoms with Gasteiger partial charge in [0.1, 0.15) is 0 Å². The van der Waals surface area contributed by atoms with Crippen LogP contribution in [0.25, 0.3) is 0 Å². The van der Waals surface area contributed by atoms with E-state index in [1.165, 1.54) is 5.56 Å². The molecule has 0 saturated carbocycles. The molecule has 2 nitrogen and oxygen atoms in total. The van der Waals surface area contributed by atoms with Gasteiger partial charge in [0.15, 0.2) is 5.78 Å². The summed E-state index contributed by atoms with van der Waals surface area (Å²) in [6, 6.07) is 10.4. The molecule has 0 spiro atoms. The predicted molar refractivity (Wildman–Crippen MR) is 84.7 cm³/mol. The highest BCUT2D eigenvalue weighted by Gasteiger charge is 2.25. The second-order valence-corrected chi connectivity index (χ2v) is 7.16. The van der Waals surface area contributed by atoms with Gasteiger partial charge in [-0.05, 0) is 12.0 Å². The molecule has 0 aliphatic rings. The highest BCUT2D eigenvalue weighted by molar-refractivity contribution is 7.13. The van der Waals surface area contributed by atoms with Crippen molar-refractivity contribution in [2.45, 2.75) is 46.0 Å². The average Bonchev–Trinajstić information content (AvgIpc) is 2.82. The molecule has 0 amide bonds. The zero-order chi connectivity index (χ0) is 14.8. The fourth-order valence-corrected chi connectivity index (χ4v) is 3.28. The van der Waals surface area contributed by atoms with Gasteiger partial charge in [-0.3, -0.25) is 4.79 Å². The maximum atomic E-state index is 11.8. The summed E-state index contributed by atoms with van der Waals surface area (Å²) in [6.07, 6.45) is 1.86. The van der Waals surface area contributed by atoms with E-state index >= 15 is 0 Å². The van der Waals surface area contributed by atoms with Crippen LogP contribution in [0.4, 0.5) is 0 Å². The Morgan fingerprint density at radius 2 is 1.80 bits per heavy atom. The molecule has 0 atom stereocenters. The standard InChI is InChI=1S/C17H21NOS/c1-12(19)15-16(17(2,3)4)18-14(20-15)11-10-13-8-6-5-7-9-13/h5-9H,10-11H2,1-4H3. The van der Waals surface area contributed by atoms with Crippen LogP contribution in [0.5, 0.6) is 0 Å².